The fraction of sp³-hybridized carbons (Fsp3) is 0.526. The molecule has 25 heavy (non-hydrogen) atoms. The number of piperidine rings is 1. The van der Waals surface area contributed by atoms with Crippen LogP contribution in [0, 0.1) is 0 Å². The average Bonchev–Trinajstić information content (AvgIpc) is 3.14. The van der Waals surface area contributed by atoms with E-state index in [1.165, 1.54) is 12.0 Å². The second-order valence-electron chi connectivity index (χ2n) is 6.85. The molecular formula is C19H27N5O. The number of imidazole rings is 1. The first-order chi connectivity index (χ1) is 12.2. The summed E-state index contributed by atoms with van der Waals surface area (Å²) in [5.41, 5.74) is 1.18. The van der Waals surface area contributed by atoms with Crippen molar-refractivity contribution < 1.29 is 4.79 Å². The Bertz CT molecular complexity index is 643. The van der Waals surface area contributed by atoms with Crippen molar-refractivity contribution in [2.24, 2.45) is 0 Å². The molecule has 1 saturated heterocycles. The van der Waals surface area contributed by atoms with Gasteiger partial charge in [0.2, 0.25) is 5.91 Å². The Kier molecular flexibility index (Phi) is 6.17. The summed E-state index contributed by atoms with van der Waals surface area (Å²) >= 11 is 0. The second-order valence-corrected chi connectivity index (χ2v) is 6.85. The maximum atomic E-state index is 12.8. The summed E-state index contributed by atoms with van der Waals surface area (Å²) < 4.78 is 2.09. The van der Waals surface area contributed by atoms with Gasteiger partial charge < -0.3 is 9.47 Å². The van der Waals surface area contributed by atoms with Gasteiger partial charge in [-0.15, -0.1) is 0 Å². The lowest BCUT2D eigenvalue weighted by Gasteiger charge is -2.37. The number of aryl methyl sites for hydroxylation is 1. The summed E-state index contributed by atoms with van der Waals surface area (Å²) in [4.78, 5) is 25.1. The van der Waals surface area contributed by atoms with Crippen molar-refractivity contribution in [3.8, 4) is 0 Å². The molecule has 1 fully saturated rings. The van der Waals surface area contributed by atoms with Crippen LogP contribution in [-0.4, -0.2) is 56.4 Å². The minimum Gasteiger partial charge on any atom is -0.339 e. The number of hydrogen-bond donors (Lipinski definition) is 0. The van der Waals surface area contributed by atoms with E-state index in [2.05, 4.69) is 24.3 Å². The zero-order chi connectivity index (χ0) is 17.5. The molecule has 0 unspecified atom stereocenters. The highest BCUT2D eigenvalue weighted by molar-refractivity contribution is 5.78. The highest BCUT2D eigenvalue weighted by Crippen LogP contribution is 2.21. The molecule has 3 heterocycles. The van der Waals surface area contributed by atoms with Crippen LogP contribution in [0.15, 0.2) is 43.2 Å². The van der Waals surface area contributed by atoms with Crippen molar-refractivity contribution in [1.82, 2.24) is 24.3 Å². The van der Waals surface area contributed by atoms with Gasteiger partial charge in [0.1, 0.15) is 0 Å². The quantitative estimate of drug-likeness (QED) is 0.775. The van der Waals surface area contributed by atoms with E-state index in [4.69, 9.17) is 0 Å². The molecule has 3 rings (SSSR count). The Morgan fingerprint density at radius 1 is 1.24 bits per heavy atom. The molecule has 0 aliphatic carbocycles. The monoisotopic (exact) mass is 341 g/mol. The van der Waals surface area contributed by atoms with Gasteiger partial charge in [-0.3, -0.25) is 14.7 Å². The molecule has 0 spiro atoms. The predicted molar refractivity (Wildman–Crippen MR) is 96.8 cm³/mol. The lowest BCUT2D eigenvalue weighted by Crippen LogP contribution is -2.47. The molecule has 2 aromatic rings. The third-order valence-corrected chi connectivity index (χ3v) is 4.83. The van der Waals surface area contributed by atoms with Crippen LogP contribution in [0.25, 0.3) is 0 Å². The van der Waals surface area contributed by atoms with Gasteiger partial charge in [-0.05, 0) is 50.4 Å². The number of likely N-dealkylation sites (N-methyl/N-ethyl adjacent to an activating group) is 1. The van der Waals surface area contributed by atoms with Gasteiger partial charge in [0.15, 0.2) is 0 Å². The van der Waals surface area contributed by atoms with Gasteiger partial charge in [0.25, 0.3) is 0 Å². The van der Waals surface area contributed by atoms with Crippen LogP contribution in [0.4, 0.5) is 0 Å². The number of likely N-dealkylation sites (tertiary alicyclic amines) is 1. The molecule has 0 radical (unpaired) electrons. The van der Waals surface area contributed by atoms with Crippen LogP contribution < -0.4 is 0 Å². The Morgan fingerprint density at radius 2 is 2.08 bits per heavy atom. The maximum absolute atomic E-state index is 12.8. The number of carbonyl (C=O) groups is 1. The molecule has 1 aliphatic heterocycles. The van der Waals surface area contributed by atoms with Gasteiger partial charge in [-0.1, -0.05) is 0 Å². The topological polar surface area (TPSA) is 54.3 Å². The van der Waals surface area contributed by atoms with Gasteiger partial charge in [0, 0.05) is 50.5 Å². The Morgan fingerprint density at radius 3 is 2.84 bits per heavy atom. The lowest BCUT2D eigenvalue weighted by molar-refractivity contribution is -0.136. The van der Waals surface area contributed by atoms with E-state index in [0.29, 0.717) is 12.6 Å². The number of hydrogen-bond acceptors (Lipinski definition) is 4. The molecular weight excluding hydrogens is 314 g/mol. The molecule has 0 N–H and O–H groups in total. The fourth-order valence-corrected chi connectivity index (χ4v) is 3.52. The van der Waals surface area contributed by atoms with Crippen molar-refractivity contribution in [3.63, 3.8) is 0 Å². The van der Waals surface area contributed by atoms with Gasteiger partial charge >= 0.3 is 0 Å². The molecule has 0 saturated carbocycles. The Balaban J connectivity index is 1.52. The molecule has 1 amide bonds. The van der Waals surface area contributed by atoms with Crippen LogP contribution >= 0.6 is 0 Å². The number of carbonyl (C=O) groups excluding carboxylic acids is 1. The first-order valence-electron chi connectivity index (χ1n) is 9.05. The smallest absolute Gasteiger partial charge is 0.236 e. The maximum Gasteiger partial charge on any atom is 0.236 e. The average molecular weight is 341 g/mol. The number of aromatic nitrogens is 3. The molecule has 0 bridgehead atoms. The van der Waals surface area contributed by atoms with E-state index in [-0.39, 0.29) is 5.91 Å². The molecule has 6 nitrogen and oxygen atoms in total. The zero-order valence-corrected chi connectivity index (χ0v) is 14.9. The van der Waals surface area contributed by atoms with Crippen LogP contribution in [0.3, 0.4) is 0 Å². The first kappa shape index (κ1) is 17.6. The zero-order valence-electron chi connectivity index (χ0n) is 14.9. The van der Waals surface area contributed by atoms with E-state index < -0.39 is 0 Å². The van der Waals surface area contributed by atoms with E-state index in [9.17, 15) is 4.79 Å². The summed E-state index contributed by atoms with van der Waals surface area (Å²) in [6.07, 6.45) is 13.6. The third kappa shape index (κ3) is 5.13. The van der Waals surface area contributed by atoms with E-state index in [1.807, 2.05) is 31.7 Å². The van der Waals surface area contributed by atoms with Crippen LogP contribution in [0.1, 0.15) is 31.2 Å². The summed E-state index contributed by atoms with van der Waals surface area (Å²) in [6, 6.07) is 4.34. The van der Waals surface area contributed by atoms with E-state index in [0.717, 1.165) is 38.9 Å². The van der Waals surface area contributed by atoms with Crippen molar-refractivity contribution in [1.29, 1.82) is 0 Å². The van der Waals surface area contributed by atoms with E-state index in [1.54, 1.807) is 18.6 Å². The SMILES string of the molecule is CN(CC(=O)N1CCCC[C@@H]1CCn1ccnc1)Cc1ccncc1. The minimum absolute atomic E-state index is 0.242. The highest BCUT2D eigenvalue weighted by Gasteiger charge is 2.26. The van der Waals surface area contributed by atoms with E-state index >= 15 is 0 Å². The number of pyridine rings is 1. The van der Waals surface area contributed by atoms with Crippen molar-refractivity contribution in [3.05, 3.63) is 48.8 Å². The summed E-state index contributed by atoms with van der Waals surface area (Å²) in [7, 11) is 2.00. The summed E-state index contributed by atoms with van der Waals surface area (Å²) in [5.74, 6) is 0.242. The van der Waals surface area contributed by atoms with Gasteiger partial charge in [0.05, 0.1) is 12.9 Å². The molecule has 1 atom stereocenters. The lowest BCUT2D eigenvalue weighted by atomic mass is 9.99. The van der Waals surface area contributed by atoms with Crippen LogP contribution in [0.5, 0.6) is 0 Å². The highest BCUT2D eigenvalue weighted by atomic mass is 16.2. The standard InChI is InChI=1S/C19H27N5O/c1-22(14-17-5-8-20-9-6-17)15-19(25)24-11-3-2-4-18(24)7-12-23-13-10-21-16-23/h5-6,8-10,13,16,18H,2-4,7,11-12,14-15H2,1H3/t18-/m1/s1. The Hall–Kier alpha value is -2.21. The molecule has 1 aliphatic rings. The van der Waals surface area contributed by atoms with Crippen molar-refractivity contribution in [2.45, 2.75) is 44.8 Å². The number of nitrogens with zero attached hydrogens (tertiary/aromatic N) is 5. The Labute approximate surface area is 149 Å². The first-order valence-corrected chi connectivity index (χ1v) is 9.05. The number of amides is 1. The minimum atomic E-state index is 0.242. The van der Waals surface area contributed by atoms with Crippen LogP contribution in [-0.2, 0) is 17.9 Å². The van der Waals surface area contributed by atoms with Crippen molar-refractivity contribution in [2.75, 3.05) is 20.1 Å². The molecule has 0 aromatic carbocycles. The third-order valence-electron chi connectivity index (χ3n) is 4.83. The predicted octanol–water partition coefficient (Wildman–Crippen LogP) is 2.18. The molecule has 134 valence electrons. The summed E-state index contributed by atoms with van der Waals surface area (Å²) in [6.45, 7) is 3.03. The second kappa shape index (κ2) is 8.76. The van der Waals surface area contributed by atoms with Crippen LogP contribution in [0.2, 0.25) is 0 Å². The fourth-order valence-electron chi connectivity index (χ4n) is 3.52. The normalized spacial score (nSPS) is 17.8. The van der Waals surface area contributed by atoms with Gasteiger partial charge in [-0.2, -0.15) is 0 Å². The number of rotatable bonds is 7. The molecule has 6 heteroatoms. The molecule has 2 aromatic heterocycles. The van der Waals surface area contributed by atoms with Crippen molar-refractivity contribution >= 4 is 5.91 Å². The summed E-state index contributed by atoms with van der Waals surface area (Å²) in [5, 5.41) is 0. The van der Waals surface area contributed by atoms with Gasteiger partial charge in [-0.25, -0.2) is 4.98 Å². The largest absolute Gasteiger partial charge is 0.339 e.